The highest BCUT2D eigenvalue weighted by Gasteiger charge is 2.08. The lowest BCUT2D eigenvalue weighted by atomic mass is 10.1. The Labute approximate surface area is 128 Å². The first kappa shape index (κ1) is 13.7. The van der Waals surface area contributed by atoms with Crippen LogP contribution in [0.3, 0.4) is 0 Å². The van der Waals surface area contributed by atoms with Gasteiger partial charge in [-0.25, -0.2) is 0 Å². The molecule has 0 saturated heterocycles. The normalized spacial score (nSPS) is 10.8. The molecule has 106 valence electrons. The third-order valence-corrected chi connectivity index (χ3v) is 3.60. The molecule has 4 heteroatoms. The van der Waals surface area contributed by atoms with Crippen molar-refractivity contribution in [1.82, 2.24) is 4.98 Å². The van der Waals surface area contributed by atoms with Crippen LogP contribution < -0.4 is 10.5 Å². The van der Waals surface area contributed by atoms with E-state index in [-0.39, 0.29) is 0 Å². The van der Waals surface area contributed by atoms with Crippen LogP contribution in [0.1, 0.15) is 11.3 Å². The Morgan fingerprint density at radius 3 is 2.76 bits per heavy atom. The van der Waals surface area contributed by atoms with Crippen LogP contribution in [-0.4, -0.2) is 4.98 Å². The molecule has 0 unspecified atom stereocenters. The fraction of sp³-hybridized carbons (Fsp3) is 0.118. The lowest BCUT2D eigenvalue weighted by molar-refractivity contribution is 0.309. The molecule has 2 aromatic carbocycles. The summed E-state index contributed by atoms with van der Waals surface area (Å²) < 4.78 is 5.83. The standard InChI is InChI=1S/C17H15ClN2O/c1-11-9-12(13-5-2-3-8-16(13)20-11)10-21-17-14(18)6-4-7-15(17)19/h2-9H,10,19H2,1H3. The summed E-state index contributed by atoms with van der Waals surface area (Å²) in [6.07, 6.45) is 0. The Morgan fingerprint density at radius 2 is 1.95 bits per heavy atom. The number of nitrogens with two attached hydrogens (primary N) is 1. The number of nitrogens with zero attached hydrogens (tertiary/aromatic N) is 1. The highest BCUT2D eigenvalue weighted by molar-refractivity contribution is 6.32. The second-order valence-electron chi connectivity index (χ2n) is 4.89. The van der Waals surface area contributed by atoms with Gasteiger partial charge in [-0.2, -0.15) is 0 Å². The van der Waals surface area contributed by atoms with E-state index in [1.807, 2.05) is 37.3 Å². The highest BCUT2D eigenvalue weighted by atomic mass is 35.5. The number of fused-ring (bicyclic) bond motifs is 1. The SMILES string of the molecule is Cc1cc(COc2c(N)cccc2Cl)c2ccccc2n1. The van der Waals surface area contributed by atoms with Gasteiger partial charge in [0.15, 0.2) is 5.75 Å². The molecular weight excluding hydrogens is 284 g/mol. The molecule has 1 heterocycles. The molecule has 0 aliphatic rings. The number of pyridine rings is 1. The Bertz CT molecular complexity index is 782. The Hall–Kier alpha value is -2.26. The van der Waals surface area contributed by atoms with Gasteiger partial charge in [0.05, 0.1) is 16.2 Å². The van der Waals surface area contributed by atoms with E-state index >= 15 is 0 Å². The molecule has 0 amide bonds. The zero-order valence-electron chi connectivity index (χ0n) is 11.6. The quantitative estimate of drug-likeness (QED) is 0.731. The molecule has 0 fully saturated rings. The molecule has 3 aromatic rings. The number of hydrogen-bond donors (Lipinski definition) is 1. The van der Waals surface area contributed by atoms with E-state index in [0.717, 1.165) is 22.2 Å². The fourth-order valence-corrected chi connectivity index (χ4v) is 2.58. The zero-order valence-corrected chi connectivity index (χ0v) is 12.4. The maximum absolute atomic E-state index is 6.13. The lowest BCUT2D eigenvalue weighted by Crippen LogP contribution is -2.01. The highest BCUT2D eigenvalue weighted by Crippen LogP contribution is 2.31. The average Bonchev–Trinajstić information content (AvgIpc) is 2.46. The number of halogens is 1. The molecule has 2 N–H and O–H groups in total. The van der Waals surface area contributed by atoms with E-state index in [2.05, 4.69) is 4.98 Å². The van der Waals surface area contributed by atoms with Gasteiger partial charge in [-0.15, -0.1) is 0 Å². The third-order valence-electron chi connectivity index (χ3n) is 3.30. The van der Waals surface area contributed by atoms with Crippen molar-refractivity contribution in [2.75, 3.05) is 5.73 Å². The summed E-state index contributed by atoms with van der Waals surface area (Å²) in [6.45, 7) is 2.37. The maximum Gasteiger partial charge on any atom is 0.161 e. The topological polar surface area (TPSA) is 48.1 Å². The van der Waals surface area contributed by atoms with Gasteiger partial charge in [-0.1, -0.05) is 35.9 Å². The van der Waals surface area contributed by atoms with Crippen molar-refractivity contribution in [3.05, 3.63) is 64.8 Å². The number of aromatic nitrogens is 1. The molecule has 0 spiro atoms. The van der Waals surface area contributed by atoms with Gasteiger partial charge >= 0.3 is 0 Å². The van der Waals surface area contributed by atoms with E-state index in [1.165, 1.54) is 0 Å². The van der Waals surface area contributed by atoms with Gasteiger partial charge in [-0.05, 0) is 31.2 Å². The van der Waals surface area contributed by atoms with Crippen LogP contribution in [-0.2, 0) is 6.61 Å². The van der Waals surface area contributed by atoms with Gasteiger partial charge in [-0.3, -0.25) is 4.98 Å². The van der Waals surface area contributed by atoms with Gasteiger partial charge in [0.25, 0.3) is 0 Å². The molecule has 0 atom stereocenters. The number of para-hydroxylation sites is 2. The molecular formula is C17H15ClN2O. The van der Waals surface area contributed by atoms with E-state index < -0.39 is 0 Å². The summed E-state index contributed by atoms with van der Waals surface area (Å²) in [4.78, 5) is 4.52. The van der Waals surface area contributed by atoms with Crippen molar-refractivity contribution < 1.29 is 4.74 Å². The average molecular weight is 299 g/mol. The summed E-state index contributed by atoms with van der Waals surface area (Å²) in [7, 11) is 0. The Kier molecular flexibility index (Phi) is 3.67. The van der Waals surface area contributed by atoms with Crippen LogP contribution >= 0.6 is 11.6 Å². The molecule has 21 heavy (non-hydrogen) atoms. The summed E-state index contributed by atoms with van der Waals surface area (Å²) in [5.41, 5.74) is 9.43. The van der Waals surface area contributed by atoms with E-state index in [4.69, 9.17) is 22.1 Å². The number of rotatable bonds is 3. The monoisotopic (exact) mass is 298 g/mol. The van der Waals surface area contributed by atoms with Crippen molar-refractivity contribution in [3.63, 3.8) is 0 Å². The van der Waals surface area contributed by atoms with Crippen LogP contribution in [0.15, 0.2) is 48.5 Å². The number of aryl methyl sites for hydroxylation is 1. The van der Waals surface area contributed by atoms with Crippen LogP contribution in [0.25, 0.3) is 10.9 Å². The van der Waals surface area contributed by atoms with Crippen molar-refractivity contribution in [3.8, 4) is 5.75 Å². The number of ether oxygens (including phenoxy) is 1. The summed E-state index contributed by atoms with van der Waals surface area (Å²) in [6, 6.07) is 15.4. The maximum atomic E-state index is 6.13. The first-order valence-electron chi connectivity index (χ1n) is 6.67. The minimum atomic E-state index is 0.401. The predicted molar refractivity (Wildman–Crippen MR) is 86.7 cm³/mol. The first-order valence-corrected chi connectivity index (χ1v) is 7.05. The number of benzene rings is 2. The first-order chi connectivity index (χ1) is 10.1. The van der Waals surface area contributed by atoms with Gasteiger partial charge < -0.3 is 10.5 Å². The molecule has 1 aromatic heterocycles. The van der Waals surface area contributed by atoms with Crippen molar-refractivity contribution in [2.45, 2.75) is 13.5 Å². The van der Waals surface area contributed by atoms with Crippen LogP contribution in [0.2, 0.25) is 5.02 Å². The minimum absolute atomic E-state index is 0.401. The minimum Gasteiger partial charge on any atom is -0.485 e. The molecule has 0 aliphatic heterocycles. The second kappa shape index (κ2) is 5.62. The van der Waals surface area contributed by atoms with E-state index in [0.29, 0.717) is 23.1 Å². The Morgan fingerprint density at radius 1 is 1.14 bits per heavy atom. The van der Waals surface area contributed by atoms with Gasteiger partial charge in [0, 0.05) is 16.6 Å². The number of nitrogen functional groups attached to an aromatic ring is 1. The molecule has 0 saturated carbocycles. The third kappa shape index (κ3) is 2.78. The van der Waals surface area contributed by atoms with Crippen LogP contribution in [0, 0.1) is 6.92 Å². The lowest BCUT2D eigenvalue weighted by Gasteiger charge is -2.12. The second-order valence-corrected chi connectivity index (χ2v) is 5.29. The van der Waals surface area contributed by atoms with Crippen LogP contribution in [0.5, 0.6) is 5.75 Å². The molecule has 3 rings (SSSR count). The fourth-order valence-electron chi connectivity index (χ4n) is 2.34. The van der Waals surface area contributed by atoms with Gasteiger partial charge in [0.2, 0.25) is 0 Å². The molecule has 3 nitrogen and oxygen atoms in total. The molecule has 0 bridgehead atoms. The van der Waals surface area contributed by atoms with Crippen molar-refractivity contribution in [1.29, 1.82) is 0 Å². The smallest absolute Gasteiger partial charge is 0.161 e. The van der Waals surface area contributed by atoms with Crippen molar-refractivity contribution in [2.24, 2.45) is 0 Å². The molecule has 0 aliphatic carbocycles. The van der Waals surface area contributed by atoms with Crippen LogP contribution in [0.4, 0.5) is 5.69 Å². The van der Waals surface area contributed by atoms with Gasteiger partial charge in [0.1, 0.15) is 6.61 Å². The summed E-state index contributed by atoms with van der Waals surface area (Å²) in [5, 5.41) is 1.60. The number of anilines is 1. The van der Waals surface area contributed by atoms with Crippen molar-refractivity contribution >= 4 is 28.2 Å². The van der Waals surface area contributed by atoms with E-state index in [9.17, 15) is 0 Å². The predicted octanol–water partition coefficient (Wildman–Crippen LogP) is 4.36. The number of hydrogen-bond acceptors (Lipinski definition) is 3. The summed E-state index contributed by atoms with van der Waals surface area (Å²) in [5.74, 6) is 0.526. The largest absolute Gasteiger partial charge is 0.485 e. The Balaban J connectivity index is 1.95. The zero-order chi connectivity index (χ0) is 14.8. The summed E-state index contributed by atoms with van der Waals surface area (Å²) >= 11 is 6.13. The van der Waals surface area contributed by atoms with E-state index in [1.54, 1.807) is 18.2 Å². The molecule has 0 radical (unpaired) electrons.